The molecule has 0 radical (unpaired) electrons. The summed E-state index contributed by atoms with van der Waals surface area (Å²) in [4.78, 5) is 0.0724. The van der Waals surface area contributed by atoms with Crippen LogP contribution in [0.4, 0.5) is 0 Å². The summed E-state index contributed by atoms with van der Waals surface area (Å²) in [7, 11) is -2.24. The van der Waals surface area contributed by atoms with Crippen LogP contribution in [0.2, 0.25) is 10.0 Å². The Kier molecular flexibility index (Phi) is 4.84. The first-order chi connectivity index (χ1) is 9.39. The maximum Gasteiger partial charge on any atom is 0.247 e. The lowest BCUT2D eigenvalue weighted by atomic mass is 10.1. The molecule has 112 valence electrons. The lowest BCUT2D eigenvalue weighted by Crippen LogP contribution is -2.42. The van der Waals surface area contributed by atoms with E-state index in [0.29, 0.717) is 6.54 Å². The molecule has 1 atom stereocenters. The highest BCUT2D eigenvalue weighted by molar-refractivity contribution is 7.89. The molecular weight excluding hydrogens is 321 g/mol. The van der Waals surface area contributed by atoms with E-state index in [1.165, 1.54) is 23.5 Å². The van der Waals surface area contributed by atoms with Gasteiger partial charge in [-0.3, -0.25) is 0 Å². The van der Waals surface area contributed by atoms with Crippen LogP contribution in [-0.4, -0.2) is 32.4 Å². The fourth-order valence-electron chi connectivity index (χ4n) is 2.46. The van der Waals surface area contributed by atoms with Gasteiger partial charge < -0.3 is 4.74 Å². The van der Waals surface area contributed by atoms with E-state index in [1.807, 2.05) is 6.92 Å². The van der Waals surface area contributed by atoms with Crippen molar-refractivity contribution >= 4 is 33.2 Å². The predicted octanol–water partition coefficient (Wildman–Crippen LogP) is 3.57. The number of ether oxygens (including phenoxy) is 1. The Labute approximate surface area is 129 Å². The number of nitrogens with zero attached hydrogens (tertiary/aromatic N) is 1. The van der Waals surface area contributed by atoms with Gasteiger partial charge in [-0.15, -0.1) is 0 Å². The quantitative estimate of drug-likeness (QED) is 0.847. The van der Waals surface area contributed by atoms with Gasteiger partial charge in [0.1, 0.15) is 9.92 Å². The summed E-state index contributed by atoms with van der Waals surface area (Å²) in [5.41, 5.74) is 0. The second-order valence-electron chi connectivity index (χ2n) is 4.85. The number of benzene rings is 1. The molecule has 0 aliphatic carbocycles. The lowest BCUT2D eigenvalue weighted by molar-refractivity contribution is 0.267. The van der Waals surface area contributed by atoms with E-state index < -0.39 is 10.0 Å². The highest BCUT2D eigenvalue weighted by Crippen LogP contribution is 2.39. The smallest absolute Gasteiger partial charge is 0.247 e. The Balaban J connectivity index is 2.52. The summed E-state index contributed by atoms with van der Waals surface area (Å²) >= 11 is 11.9. The number of hydrogen-bond acceptors (Lipinski definition) is 3. The summed E-state index contributed by atoms with van der Waals surface area (Å²) in [6.45, 7) is 2.44. The summed E-state index contributed by atoms with van der Waals surface area (Å²) < 4.78 is 32.2. The highest BCUT2D eigenvalue weighted by Gasteiger charge is 2.34. The Hall–Kier alpha value is -0.490. The fraction of sp³-hybridized carbons (Fsp3) is 0.538. The molecule has 0 amide bonds. The van der Waals surface area contributed by atoms with Gasteiger partial charge in [-0.25, -0.2) is 8.42 Å². The van der Waals surface area contributed by atoms with E-state index >= 15 is 0 Å². The van der Waals surface area contributed by atoms with E-state index in [2.05, 4.69) is 0 Å². The average molecular weight is 338 g/mol. The van der Waals surface area contributed by atoms with Crippen molar-refractivity contribution in [1.82, 2.24) is 4.31 Å². The van der Waals surface area contributed by atoms with Crippen molar-refractivity contribution in [2.75, 3.05) is 13.7 Å². The van der Waals surface area contributed by atoms with Crippen LogP contribution >= 0.6 is 23.2 Å². The maximum absolute atomic E-state index is 12.8. The monoisotopic (exact) mass is 337 g/mol. The van der Waals surface area contributed by atoms with E-state index in [4.69, 9.17) is 27.9 Å². The molecule has 0 unspecified atom stereocenters. The molecule has 1 aromatic carbocycles. The number of sulfonamides is 1. The van der Waals surface area contributed by atoms with Crippen LogP contribution in [0.25, 0.3) is 0 Å². The zero-order valence-corrected chi connectivity index (χ0v) is 13.7. The topological polar surface area (TPSA) is 46.6 Å². The molecule has 20 heavy (non-hydrogen) atoms. The van der Waals surface area contributed by atoms with E-state index in [9.17, 15) is 8.42 Å². The molecule has 0 N–H and O–H groups in total. The Morgan fingerprint density at radius 1 is 1.30 bits per heavy atom. The van der Waals surface area contributed by atoms with Gasteiger partial charge >= 0.3 is 0 Å². The molecule has 0 saturated carbocycles. The van der Waals surface area contributed by atoms with Crippen molar-refractivity contribution in [3.8, 4) is 5.75 Å². The van der Waals surface area contributed by atoms with Crippen molar-refractivity contribution in [3.05, 3.63) is 22.2 Å². The third-order valence-corrected chi connectivity index (χ3v) is 6.37. The zero-order valence-electron chi connectivity index (χ0n) is 11.4. The first kappa shape index (κ1) is 15.9. The molecule has 4 nitrogen and oxygen atoms in total. The molecule has 1 aliphatic heterocycles. The van der Waals surface area contributed by atoms with Crippen molar-refractivity contribution in [3.63, 3.8) is 0 Å². The molecule has 0 aromatic heterocycles. The number of halogens is 2. The van der Waals surface area contributed by atoms with Crippen molar-refractivity contribution in [2.45, 2.75) is 37.1 Å². The molecule has 7 heteroatoms. The second kappa shape index (κ2) is 6.10. The van der Waals surface area contributed by atoms with Gasteiger partial charge in [0.05, 0.1) is 12.1 Å². The summed E-state index contributed by atoms with van der Waals surface area (Å²) in [6, 6.07) is 2.91. The zero-order chi connectivity index (χ0) is 14.9. The molecule has 1 aliphatic rings. The summed E-state index contributed by atoms with van der Waals surface area (Å²) in [5.74, 6) is 0.108. The van der Waals surface area contributed by atoms with Gasteiger partial charge in [-0.1, -0.05) is 29.6 Å². The van der Waals surface area contributed by atoms with Crippen LogP contribution in [0.1, 0.15) is 26.2 Å². The molecule has 1 fully saturated rings. The van der Waals surface area contributed by atoms with Gasteiger partial charge in [-0.05, 0) is 31.9 Å². The first-order valence-corrected chi connectivity index (χ1v) is 8.63. The van der Waals surface area contributed by atoms with Crippen molar-refractivity contribution < 1.29 is 13.2 Å². The van der Waals surface area contributed by atoms with Crippen LogP contribution in [0.3, 0.4) is 0 Å². The summed E-state index contributed by atoms with van der Waals surface area (Å²) in [5, 5.41) is 0.397. The predicted molar refractivity (Wildman–Crippen MR) is 80.2 cm³/mol. The number of rotatable bonds is 3. The number of piperidine rings is 1. The molecule has 0 spiro atoms. The third-order valence-electron chi connectivity index (χ3n) is 3.55. The van der Waals surface area contributed by atoms with Crippen molar-refractivity contribution in [1.29, 1.82) is 0 Å². The third kappa shape index (κ3) is 2.77. The normalized spacial score (nSPS) is 20.9. The van der Waals surface area contributed by atoms with Gasteiger partial charge in [0.2, 0.25) is 10.0 Å². The highest BCUT2D eigenvalue weighted by atomic mass is 35.5. The number of methoxy groups -OCH3 is 1. The van der Waals surface area contributed by atoms with Crippen LogP contribution in [-0.2, 0) is 10.0 Å². The second-order valence-corrected chi connectivity index (χ2v) is 7.50. The fourth-order valence-corrected chi connectivity index (χ4v) is 4.77. The Bertz CT molecular complexity index is 604. The minimum Gasteiger partial charge on any atom is -0.494 e. The minimum atomic E-state index is -3.63. The van der Waals surface area contributed by atoms with Gasteiger partial charge in [0.15, 0.2) is 5.75 Å². The maximum atomic E-state index is 12.8. The lowest BCUT2D eigenvalue weighted by Gasteiger charge is -2.32. The average Bonchev–Trinajstić information content (AvgIpc) is 2.41. The Morgan fingerprint density at radius 2 is 2.00 bits per heavy atom. The van der Waals surface area contributed by atoms with Crippen LogP contribution < -0.4 is 4.74 Å². The molecule has 1 aromatic rings. The van der Waals surface area contributed by atoms with Gasteiger partial charge in [0.25, 0.3) is 0 Å². The van der Waals surface area contributed by atoms with Crippen LogP contribution in [0.15, 0.2) is 17.0 Å². The molecular formula is C13H17Cl2NO3S. The summed E-state index contributed by atoms with van der Waals surface area (Å²) in [6.07, 6.45) is 2.78. The van der Waals surface area contributed by atoms with E-state index in [-0.39, 0.29) is 26.7 Å². The number of hydrogen-bond donors (Lipinski definition) is 0. The Morgan fingerprint density at radius 3 is 2.60 bits per heavy atom. The standard InChI is InChI=1S/C13H17Cl2NO3S/c1-9-5-3-4-8-16(9)20(17,18)11-7-6-10(14)12(15)13(11)19-2/h6-7,9H,3-5,8H2,1-2H3/t9-/m1/s1. The SMILES string of the molecule is COc1c(S(=O)(=O)N2CCCC[C@H]2C)ccc(Cl)c1Cl. The van der Waals surface area contributed by atoms with Gasteiger partial charge in [0, 0.05) is 12.6 Å². The van der Waals surface area contributed by atoms with Crippen LogP contribution in [0.5, 0.6) is 5.75 Å². The molecule has 2 rings (SSSR count). The molecule has 0 bridgehead atoms. The molecule has 1 heterocycles. The minimum absolute atomic E-state index is 0.0205. The largest absolute Gasteiger partial charge is 0.494 e. The molecule has 1 saturated heterocycles. The van der Waals surface area contributed by atoms with Gasteiger partial charge in [-0.2, -0.15) is 4.31 Å². The van der Waals surface area contributed by atoms with E-state index in [1.54, 1.807) is 0 Å². The first-order valence-electron chi connectivity index (χ1n) is 6.43. The van der Waals surface area contributed by atoms with E-state index in [0.717, 1.165) is 19.3 Å². The van der Waals surface area contributed by atoms with Crippen molar-refractivity contribution in [2.24, 2.45) is 0 Å². The van der Waals surface area contributed by atoms with Crippen LogP contribution in [0, 0.1) is 0 Å².